The van der Waals surface area contributed by atoms with Crippen molar-refractivity contribution in [2.24, 2.45) is 10.4 Å². The highest BCUT2D eigenvalue weighted by molar-refractivity contribution is 8.16. The smallest absolute Gasteiger partial charge is 0.253 e. The molecule has 6 nitrogen and oxygen atoms in total. The first-order valence-electron chi connectivity index (χ1n) is 10.1. The van der Waals surface area contributed by atoms with Crippen molar-refractivity contribution in [3.05, 3.63) is 23.8 Å². The Morgan fingerprint density at radius 1 is 1.24 bits per heavy atom. The first kappa shape index (κ1) is 22.2. The first-order valence-corrected chi connectivity index (χ1v) is 12.8. The molecule has 3 rings (SSSR count). The van der Waals surface area contributed by atoms with Crippen LogP contribution < -0.4 is 9.80 Å². The molecule has 2 saturated heterocycles. The number of thioether (sulfide) groups is 1. The van der Waals surface area contributed by atoms with Crippen LogP contribution in [0.2, 0.25) is 0 Å². The lowest BCUT2D eigenvalue weighted by atomic mass is 9.96. The van der Waals surface area contributed by atoms with Gasteiger partial charge in [-0.2, -0.15) is 4.99 Å². The van der Waals surface area contributed by atoms with Crippen LogP contribution in [0.15, 0.2) is 23.2 Å². The molecule has 1 aromatic rings. The number of hydrogen-bond donors (Lipinski definition) is 0. The molecule has 0 N–H and O–H groups in total. The molecule has 0 radical (unpaired) electrons. The molecule has 2 heterocycles. The summed E-state index contributed by atoms with van der Waals surface area (Å²) in [5, 5.41) is 0.530. The lowest BCUT2D eigenvalue weighted by molar-refractivity contribution is -0.124. The minimum atomic E-state index is -3.08. The van der Waals surface area contributed by atoms with Gasteiger partial charge in [-0.25, -0.2) is 8.42 Å². The van der Waals surface area contributed by atoms with E-state index >= 15 is 0 Å². The van der Waals surface area contributed by atoms with Gasteiger partial charge in [0.1, 0.15) is 0 Å². The predicted octanol–water partition coefficient (Wildman–Crippen LogP) is 3.49. The Balaban J connectivity index is 2.04. The summed E-state index contributed by atoms with van der Waals surface area (Å²) < 4.78 is 24.5. The van der Waals surface area contributed by atoms with E-state index in [1.807, 2.05) is 38.7 Å². The number of carbonyl (C=O) groups is 1. The molecule has 2 fully saturated rings. The van der Waals surface area contributed by atoms with E-state index in [1.165, 1.54) is 11.8 Å². The number of nitrogens with zero attached hydrogens (tertiary/aromatic N) is 3. The Hall–Kier alpha value is -1.54. The molecule has 0 spiro atoms. The van der Waals surface area contributed by atoms with Crippen LogP contribution in [-0.4, -0.2) is 55.4 Å². The number of carbonyl (C=O) groups excluding carboxylic acids is 1. The van der Waals surface area contributed by atoms with Crippen molar-refractivity contribution in [3.8, 4) is 0 Å². The van der Waals surface area contributed by atoms with Gasteiger partial charge in [-0.15, -0.1) is 0 Å². The van der Waals surface area contributed by atoms with Gasteiger partial charge in [0.25, 0.3) is 5.91 Å². The molecule has 8 heteroatoms. The second kappa shape index (κ2) is 7.95. The molecular weight excluding hydrogens is 406 g/mol. The fourth-order valence-corrected chi connectivity index (χ4v) is 7.70. The van der Waals surface area contributed by atoms with Crippen LogP contribution in [-0.2, 0) is 14.6 Å². The van der Waals surface area contributed by atoms with Crippen molar-refractivity contribution in [2.45, 2.75) is 52.8 Å². The SMILES string of the molecule is CCN(CC)c1ccc(N2C(=NC(=O)C(C)(C)C)S[C@H]3CS(=O)(=O)C[C@@H]32)c(C)c1. The molecule has 2 aliphatic rings. The predicted molar refractivity (Wildman–Crippen MR) is 123 cm³/mol. The van der Waals surface area contributed by atoms with Gasteiger partial charge in [0.15, 0.2) is 15.0 Å². The van der Waals surface area contributed by atoms with Crippen molar-refractivity contribution in [1.29, 1.82) is 0 Å². The third-order valence-corrected chi connectivity index (χ3v) is 8.68. The third kappa shape index (κ3) is 4.48. The minimum Gasteiger partial charge on any atom is -0.372 e. The van der Waals surface area contributed by atoms with Crippen molar-refractivity contribution >= 4 is 44.0 Å². The van der Waals surface area contributed by atoms with Gasteiger partial charge < -0.3 is 9.80 Å². The number of rotatable bonds is 4. The van der Waals surface area contributed by atoms with E-state index in [1.54, 1.807) is 0 Å². The fourth-order valence-electron chi connectivity index (χ4n) is 3.80. The second-order valence-corrected chi connectivity index (χ2v) is 12.1. The number of hydrogen-bond acceptors (Lipinski definition) is 5. The van der Waals surface area contributed by atoms with Gasteiger partial charge in [-0.3, -0.25) is 4.79 Å². The van der Waals surface area contributed by atoms with Crippen LogP contribution in [0.4, 0.5) is 11.4 Å². The molecule has 0 bridgehead atoms. The van der Waals surface area contributed by atoms with E-state index in [-0.39, 0.29) is 28.7 Å². The molecule has 29 heavy (non-hydrogen) atoms. The van der Waals surface area contributed by atoms with Crippen LogP contribution in [0.25, 0.3) is 0 Å². The van der Waals surface area contributed by atoms with Crippen LogP contribution in [0.1, 0.15) is 40.2 Å². The maximum atomic E-state index is 12.6. The zero-order valence-electron chi connectivity index (χ0n) is 18.1. The summed E-state index contributed by atoms with van der Waals surface area (Å²) in [6, 6.07) is 6.05. The highest BCUT2D eigenvalue weighted by Crippen LogP contribution is 2.42. The summed E-state index contributed by atoms with van der Waals surface area (Å²) in [6.07, 6.45) is 0. The lowest BCUT2D eigenvalue weighted by Gasteiger charge is -2.28. The summed E-state index contributed by atoms with van der Waals surface area (Å²) in [5.74, 6) is 0.0493. The normalized spacial score (nSPS) is 24.8. The monoisotopic (exact) mass is 437 g/mol. The summed E-state index contributed by atoms with van der Waals surface area (Å²) in [5.41, 5.74) is 2.54. The number of fused-ring (bicyclic) bond motifs is 1. The number of amidine groups is 1. The number of anilines is 2. The van der Waals surface area contributed by atoms with Crippen LogP contribution in [0, 0.1) is 12.3 Å². The number of aliphatic imine (C=N–C) groups is 1. The molecule has 0 unspecified atom stereocenters. The molecule has 2 atom stereocenters. The standard InChI is InChI=1S/C21H31N3O3S2/c1-7-23(8-2)15-9-10-16(14(3)11-15)24-17-12-29(26,27)13-18(17)28-20(24)22-19(25)21(4,5)6/h9-11,17-18H,7-8,12-13H2,1-6H3/t17-,18-/m0/s1. The van der Waals surface area contributed by atoms with Gasteiger partial charge in [0.2, 0.25) is 0 Å². The molecule has 0 aliphatic carbocycles. The van der Waals surface area contributed by atoms with Gasteiger partial charge in [-0.05, 0) is 44.5 Å². The van der Waals surface area contributed by atoms with Crippen molar-refractivity contribution in [2.75, 3.05) is 34.4 Å². The molecule has 0 saturated carbocycles. The summed E-state index contributed by atoms with van der Waals surface area (Å²) in [7, 11) is -3.08. The molecule has 0 aromatic heterocycles. The van der Waals surface area contributed by atoms with Gasteiger partial charge in [0, 0.05) is 35.1 Å². The fraction of sp³-hybridized carbons (Fsp3) is 0.619. The Morgan fingerprint density at radius 2 is 1.90 bits per heavy atom. The zero-order chi connectivity index (χ0) is 21.6. The second-order valence-electron chi connectivity index (χ2n) is 8.76. The minimum absolute atomic E-state index is 0.0895. The molecule has 160 valence electrons. The summed E-state index contributed by atoms with van der Waals surface area (Å²) in [6.45, 7) is 13.7. The van der Waals surface area contributed by atoms with Gasteiger partial charge >= 0.3 is 0 Å². The highest BCUT2D eigenvalue weighted by atomic mass is 32.2. The van der Waals surface area contributed by atoms with Crippen molar-refractivity contribution in [3.63, 3.8) is 0 Å². The lowest BCUT2D eigenvalue weighted by Crippen LogP contribution is -2.38. The number of benzene rings is 1. The number of amides is 1. The van der Waals surface area contributed by atoms with E-state index < -0.39 is 15.3 Å². The van der Waals surface area contributed by atoms with Crippen molar-refractivity contribution in [1.82, 2.24) is 0 Å². The maximum Gasteiger partial charge on any atom is 0.253 e. The van der Waals surface area contributed by atoms with Crippen molar-refractivity contribution < 1.29 is 13.2 Å². The zero-order valence-corrected chi connectivity index (χ0v) is 19.7. The van der Waals surface area contributed by atoms with Gasteiger partial charge in [-0.1, -0.05) is 32.5 Å². The Bertz CT molecular complexity index is 931. The van der Waals surface area contributed by atoms with E-state index in [0.717, 1.165) is 30.0 Å². The number of aryl methyl sites for hydroxylation is 1. The topological polar surface area (TPSA) is 70.0 Å². The summed E-state index contributed by atoms with van der Waals surface area (Å²) in [4.78, 5) is 21.3. The van der Waals surface area contributed by atoms with Crippen LogP contribution in [0.5, 0.6) is 0 Å². The Morgan fingerprint density at radius 3 is 2.45 bits per heavy atom. The average Bonchev–Trinajstić information content (AvgIpc) is 3.06. The largest absolute Gasteiger partial charge is 0.372 e. The third-order valence-electron chi connectivity index (χ3n) is 5.47. The van der Waals surface area contributed by atoms with E-state index in [2.05, 4.69) is 35.9 Å². The summed E-state index contributed by atoms with van der Waals surface area (Å²) >= 11 is 1.42. The maximum absolute atomic E-state index is 12.6. The molecular formula is C21H31N3O3S2. The van der Waals surface area contributed by atoms with E-state index in [9.17, 15) is 13.2 Å². The first-order chi connectivity index (χ1) is 13.5. The van der Waals surface area contributed by atoms with Crippen LogP contribution in [0.3, 0.4) is 0 Å². The Kier molecular flexibility index (Phi) is 6.07. The Labute approximate surface area is 178 Å². The average molecular weight is 438 g/mol. The molecule has 1 amide bonds. The van der Waals surface area contributed by atoms with E-state index in [4.69, 9.17) is 0 Å². The van der Waals surface area contributed by atoms with Gasteiger partial charge in [0.05, 0.1) is 17.5 Å². The molecule has 1 aromatic carbocycles. The highest BCUT2D eigenvalue weighted by Gasteiger charge is 2.49. The number of sulfone groups is 1. The molecule has 2 aliphatic heterocycles. The van der Waals surface area contributed by atoms with Crippen LogP contribution >= 0.6 is 11.8 Å². The van der Waals surface area contributed by atoms with E-state index in [0.29, 0.717) is 5.17 Å². The quantitative estimate of drug-likeness (QED) is 0.718.